The molecular formula is C17H22N2O4. The van der Waals surface area contributed by atoms with E-state index in [1.54, 1.807) is 0 Å². The van der Waals surface area contributed by atoms with Crippen LogP contribution in [0.2, 0.25) is 0 Å². The van der Waals surface area contributed by atoms with Crippen LogP contribution in [0.5, 0.6) is 0 Å². The zero-order valence-electron chi connectivity index (χ0n) is 13.4. The topological polar surface area (TPSA) is 92.4 Å². The van der Waals surface area contributed by atoms with Crippen molar-refractivity contribution in [3.8, 4) is 0 Å². The number of hydrogen-bond acceptors (Lipinski definition) is 4. The zero-order valence-corrected chi connectivity index (χ0v) is 13.4. The highest BCUT2D eigenvalue weighted by atomic mass is 16.5. The van der Waals surface area contributed by atoms with Gasteiger partial charge in [-0.05, 0) is 24.7 Å². The third-order valence-corrected chi connectivity index (χ3v) is 5.09. The van der Waals surface area contributed by atoms with Gasteiger partial charge in [0.1, 0.15) is 5.76 Å². The van der Waals surface area contributed by atoms with Crippen LogP contribution < -0.4 is 5.32 Å². The van der Waals surface area contributed by atoms with Gasteiger partial charge in [0.15, 0.2) is 0 Å². The molecule has 1 aromatic rings. The number of carboxylic acid groups (broad SMARTS) is 1. The van der Waals surface area contributed by atoms with E-state index in [0.29, 0.717) is 13.0 Å². The van der Waals surface area contributed by atoms with E-state index in [9.17, 15) is 14.7 Å². The molecule has 124 valence electrons. The summed E-state index contributed by atoms with van der Waals surface area (Å²) in [5, 5.41) is 16.4. The molecule has 1 fully saturated rings. The number of nitrogens with one attached hydrogen (secondary N) is 1. The van der Waals surface area contributed by atoms with Crippen LogP contribution in [0.15, 0.2) is 16.7 Å². The molecule has 3 rings (SSSR count). The number of allylic oxidation sites excluding steroid dienone is 2. The van der Waals surface area contributed by atoms with Crippen molar-refractivity contribution < 1.29 is 19.2 Å². The first kappa shape index (κ1) is 15.8. The molecule has 1 amide bonds. The van der Waals surface area contributed by atoms with E-state index in [1.165, 1.54) is 0 Å². The fourth-order valence-electron chi connectivity index (χ4n) is 3.95. The van der Waals surface area contributed by atoms with Crippen molar-refractivity contribution in [1.29, 1.82) is 0 Å². The molecule has 4 unspecified atom stereocenters. The monoisotopic (exact) mass is 318 g/mol. The van der Waals surface area contributed by atoms with Crippen LogP contribution in [-0.4, -0.2) is 22.1 Å². The van der Waals surface area contributed by atoms with Gasteiger partial charge in [0.05, 0.1) is 17.5 Å². The Morgan fingerprint density at radius 1 is 1.26 bits per heavy atom. The largest absolute Gasteiger partial charge is 0.481 e. The summed E-state index contributed by atoms with van der Waals surface area (Å²) in [6.45, 7) is 4.31. The number of hydrogen-bond donors (Lipinski definition) is 2. The van der Waals surface area contributed by atoms with Gasteiger partial charge in [-0.15, -0.1) is 0 Å². The lowest BCUT2D eigenvalue weighted by Crippen LogP contribution is -2.40. The second-order valence-corrected chi connectivity index (χ2v) is 6.29. The van der Waals surface area contributed by atoms with Crippen molar-refractivity contribution in [3.63, 3.8) is 0 Å². The Morgan fingerprint density at radius 3 is 2.57 bits per heavy atom. The molecule has 4 atom stereocenters. The molecule has 1 saturated carbocycles. The molecule has 0 aliphatic heterocycles. The van der Waals surface area contributed by atoms with E-state index >= 15 is 0 Å². The minimum atomic E-state index is -0.879. The van der Waals surface area contributed by atoms with E-state index in [1.807, 2.05) is 26.0 Å². The van der Waals surface area contributed by atoms with E-state index in [-0.39, 0.29) is 17.7 Å². The molecule has 2 bridgehead atoms. The summed E-state index contributed by atoms with van der Waals surface area (Å²) < 4.78 is 5.30. The number of aryl methyl sites for hydroxylation is 2. The standard InChI is InChI=1S/C17H22N2O4/c1-3-12-11(13(4-2)23-19-12)8-18-16(20)14-9-5-6-10(7-9)15(14)17(21)22/h5-6,9-10,14-15H,3-4,7-8H2,1-2H3,(H,18,20)(H,21,22). The van der Waals surface area contributed by atoms with Crippen LogP contribution in [0.3, 0.4) is 0 Å². The SMILES string of the molecule is CCc1noc(CC)c1CNC(=O)C1C2C=CC(C2)C1C(=O)O. The molecule has 0 spiro atoms. The van der Waals surface area contributed by atoms with E-state index in [0.717, 1.165) is 29.9 Å². The average Bonchev–Trinajstić information content (AvgIpc) is 3.24. The van der Waals surface area contributed by atoms with Crippen molar-refractivity contribution in [2.75, 3.05) is 0 Å². The lowest BCUT2D eigenvalue weighted by molar-refractivity contribution is -0.147. The maximum atomic E-state index is 12.6. The lowest BCUT2D eigenvalue weighted by Gasteiger charge is -2.23. The fourth-order valence-corrected chi connectivity index (χ4v) is 3.95. The van der Waals surface area contributed by atoms with Crippen molar-refractivity contribution in [2.24, 2.45) is 23.7 Å². The molecule has 0 aromatic carbocycles. The molecule has 1 heterocycles. The third kappa shape index (κ3) is 2.66. The molecule has 6 heteroatoms. The van der Waals surface area contributed by atoms with Gasteiger partial charge in [0, 0.05) is 18.5 Å². The Balaban J connectivity index is 1.72. The van der Waals surface area contributed by atoms with Crippen LogP contribution >= 0.6 is 0 Å². The van der Waals surface area contributed by atoms with E-state index in [4.69, 9.17) is 4.52 Å². The second-order valence-electron chi connectivity index (χ2n) is 6.29. The normalized spacial score (nSPS) is 28.3. The number of amides is 1. The Morgan fingerprint density at radius 2 is 1.96 bits per heavy atom. The maximum absolute atomic E-state index is 12.6. The van der Waals surface area contributed by atoms with Crippen molar-refractivity contribution in [2.45, 2.75) is 39.7 Å². The van der Waals surface area contributed by atoms with Crippen molar-refractivity contribution in [3.05, 3.63) is 29.2 Å². The summed E-state index contributed by atoms with van der Waals surface area (Å²) in [4.78, 5) is 24.1. The minimum Gasteiger partial charge on any atom is -0.481 e. The molecule has 2 aliphatic rings. The number of fused-ring (bicyclic) bond motifs is 2. The predicted octanol–water partition coefficient (Wildman–Crippen LogP) is 1.94. The Labute approximate surface area is 134 Å². The van der Waals surface area contributed by atoms with Crippen LogP contribution in [-0.2, 0) is 29.0 Å². The molecule has 6 nitrogen and oxygen atoms in total. The molecule has 2 aliphatic carbocycles. The summed E-state index contributed by atoms with van der Waals surface area (Å²) in [5.74, 6) is -1.33. The highest BCUT2D eigenvalue weighted by Gasteiger charge is 2.51. The Bertz CT molecular complexity index is 628. The van der Waals surface area contributed by atoms with Crippen LogP contribution in [0.25, 0.3) is 0 Å². The highest BCUT2D eigenvalue weighted by Crippen LogP contribution is 2.48. The first-order chi connectivity index (χ1) is 11.1. The number of aromatic nitrogens is 1. The van der Waals surface area contributed by atoms with E-state index in [2.05, 4.69) is 10.5 Å². The highest BCUT2D eigenvalue weighted by molar-refractivity contribution is 5.86. The molecule has 0 saturated heterocycles. The van der Waals surface area contributed by atoms with Gasteiger partial charge < -0.3 is 14.9 Å². The first-order valence-electron chi connectivity index (χ1n) is 8.21. The van der Waals surface area contributed by atoms with Gasteiger partial charge in [-0.25, -0.2) is 0 Å². The number of carbonyl (C=O) groups excluding carboxylic acids is 1. The average molecular weight is 318 g/mol. The van der Waals surface area contributed by atoms with Gasteiger partial charge in [-0.3, -0.25) is 9.59 Å². The summed E-state index contributed by atoms with van der Waals surface area (Å²) in [6.07, 6.45) is 6.15. The van der Waals surface area contributed by atoms with E-state index < -0.39 is 17.8 Å². The lowest BCUT2D eigenvalue weighted by atomic mass is 9.82. The van der Waals surface area contributed by atoms with Gasteiger partial charge in [0.2, 0.25) is 5.91 Å². The third-order valence-electron chi connectivity index (χ3n) is 5.09. The van der Waals surface area contributed by atoms with Gasteiger partial charge in [-0.2, -0.15) is 0 Å². The quantitative estimate of drug-likeness (QED) is 0.782. The first-order valence-corrected chi connectivity index (χ1v) is 8.21. The van der Waals surface area contributed by atoms with Gasteiger partial charge >= 0.3 is 5.97 Å². The molecular weight excluding hydrogens is 296 g/mol. The number of carbonyl (C=O) groups is 2. The summed E-state index contributed by atoms with van der Waals surface area (Å²) >= 11 is 0. The minimum absolute atomic E-state index is 0.0127. The van der Waals surface area contributed by atoms with Crippen LogP contribution in [0.4, 0.5) is 0 Å². The molecule has 0 radical (unpaired) electrons. The number of rotatable bonds is 6. The summed E-state index contributed by atoms with van der Waals surface area (Å²) in [7, 11) is 0. The number of carboxylic acids is 1. The molecule has 23 heavy (non-hydrogen) atoms. The second kappa shape index (κ2) is 6.18. The maximum Gasteiger partial charge on any atom is 0.307 e. The van der Waals surface area contributed by atoms with Gasteiger partial charge in [0.25, 0.3) is 0 Å². The number of nitrogens with zero attached hydrogens (tertiary/aromatic N) is 1. The number of aliphatic carboxylic acids is 1. The zero-order chi connectivity index (χ0) is 16.6. The Hall–Kier alpha value is -2.11. The summed E-state index contributed by atoms with van der Waals surface area (Å²) in [5.41, 5.74) is 1.78. The predicted molar refractivity (Wildman–Crippen MR) is 82.5 cm³/mol. The van der Waals surface area contributed by atoms with Crippen molar-refractivity contribution >= 4 is 11.9 Å². The molecule has 2 N–H and O–H groups in total. The fraction of sp³-hybridized carbons (Fsp3) is 0.588. The Kier molecular flexibility index (Phi) is 4.24. The van der Waals surface area contributed by atoms with Gasteiger partial charge in [-0.1, -0.05) is 31.2 Å². The molecule has 1 aromatic heterocycles. The smallest absolute Gasteiger partial charge is 0.307 e. The van der Waals surface area contributed by atoms with Crippen LogP contribution in [0, 0.1) is 23.7 Å². The summed E-state index contributed by atoms with van der Waals surface area (Å²) in [6, 6.07) is 0. The van der Waals surface area contributed by atoms with Crippen molar-refractivity contribution in [1.82, 2.24) is 10.5 Å². The van der Waals surface area contributed by atoms with Crippen LogP contribution in [0.1, 0.15) is 37.3 Å².